The molecule has 6 N–H and O–H groups in total. The van der Waals surface area contributed by atoms with Gasteiger partial charge in [-0.3, -0.25) is 18.7 Å². The Bertz CT molecular complexity index is 902. The number of aliphatic carboxylic acids is 1. The van der Waals surface area contributed by atoms with Crippen molar-refractivity contribution in [2.75, 3.05) is 6.26 Å². The first-order valence-corrected chi connectivity index (χ1v) is 10.5. The molecule has 1 amide bonds. The first-order chi connectivity index (χ1) is 13.6. The van der Waals surface area contributed by atoms with E-state index in [0.717, 1.165) is 22.9 Å². The summed E-state index contributed by atoms with van der Waals surface area (Å²) < 4.78 is 1.34. The van der Waals surface area contributed by atoms with Gasteiger partial charge in [0.1, 0.15) is 12.1 Å². The Morgan fingerprint density at radius 1 is 1.13 bits per heavy atom. The van der Waals surface area contributed by atoms with Gasteiger partial charge >= 0.3 is 5.97 Å². The van der Waals surface area contributed by atoms with Crippen LogP contribution in [0.4, 0.5) is 0 Å². The molecule has 0 saturated carbocycles. The quantitative estimate of drug-likeness (QED) is 0.423. The lowest BCUT2D eigenvalue weighted by Crippen LogP contribution is -2.53. The monoisotopic (exact) mass is 456 g/mol. The number of nitrogens with one attached hydrogen (secondary N) is 1. The molecule has 0 fully saturated rings. The van der Waals surface area contributed by atoms with Crippen LogP contribution < -0.4 is 11.5 Å². The molecular formula is C20H29ClN4O4S. The number of nitrogens with two attached hydrogens (primary N) is 2. The number of aromatic amines is 1. The first-order valence-electron chi connectivity index (χ1n) is 9.32. The highest BCUT2D eigenvalue weighted by atomic mass is 35.5. The van der Waals surface area contributed by atoms with Crippen molar-refractivity contribution in [3.8, 4) is 0 Å². The zero-order valence-corrected chi connectivity index (χ0v) is 19.0. The first kappa shape index (κ1) is 26.0. The van der Waals surface area contributed by atoms with E-state index in [0.29, 0.717) is 5.56 Å². The summed E-state index contributed by atoms with van der Waals surface area (Å²) in [6, 6.07) is 4.15. The molecule has 0 bridgehead atoms. The number of carboxylic acid groups (broad SMARTS) is 1. The van der Waals surface area contributed by atoms with Crippen LogP contribution in [-0.2, 0) is 14.4 Å². The number of amides is 1. The highest BCUT2D eigenvalue weighted by Crippen LogP contribution is 2.33. The third-order valence-corrected chi connectivity index (χ3v) is 5.69. The number of fused-ring (bicyclic) bond motifs is 1. The number of aromatic nitrogens is 1. The number of nitrogens with zero attached hydrogens (tertiary/aromatic N) is 1. The average Bonchev–Trinajstić information content (AvgIpc) is 3.08. The molecule has 0 radical (unpaired) electrons. The zero-order chi connectivity index (χ0) is 21.9. The van der Waals surface area contributed by atoms with Crippen molar-refractivity contribution in [1.82, 2.24) is 9.29 Å². The van der Waals surface area contributed by atoms with Crippen LogP contribution in [0.2, 0.25) is 0 Å². The molecule has 30 heavy (non-hydrogen) atoms. The molecule has 0 saturated heterocycles. The van der Waals surface area contributed by atoms with Gasteiger partial charge in [-0.1, -0.05) is 44.0 Å². The second-order valence-electron chi connectivity index (χ2n) is 7.36. The van der Waals surface area contributed by atoms with Crippen LogP contribution in [-0.4, -0.2) is 56.4 Å². The lowest BCUT2D eigenvalue weighted by Gasteiger charge is -2.35. The number of rotatable bonds is 9. The van der Waals surface area contributed by atoms with Gasteiger partial charge < -0.3 is 21.6 Å². The number of carboxylic acids is 1. The molecule has 4 atom stereocenters. The largest absolute Gasteiger partial charge is 0.480 e. The second-order valence-corrected chi connectivity index (χ2v) is 8.12. The van der Waals surface area contributed by atoms with Gasteiger partial charge in [0, 0.05) is 23.4 Å². The summed E-state index contributed by atoms with van der Waals surface area (Å²) in [5.41, 5.74) is 13.0. The molecule has 2 rings (SSSR count). The van der Waals surface area contributed by atoms with E-state index in [1.807, 2.05) is 12.1 Å². The molecule has 0 spiro atoms. The number of Topliss-reactive ketones (excluding diaryl/α,β-unsaturated/α-hetero) is 1. The fraction of sp³-hybridized carbons (Fsp3) is 0.450. The number of ketones is 1. The summed E-state index contributed by atoms with van der Waals surface area (Å²) in [7, 11) is 0. The second kappa shape index (κ2) is 10.8. The number of halogens is 1. The highest BCUT2D eigenvalue weighted by molar-refractivity contribution is 7.96. The summed E-state index contributed by atoms with van der Waals surface area (Å²) in [4.78, 5) is 41.1. The summed E-state index contributed by atoms with van der Waals surface area (Å²) in [5.74, 6) is -3.52. The standard InChI is InChI=1S/C20H28N4O4S.ClH/c1-10(2)17(24(29-4)19(26)11(3)21)18(25)15(16(22)20(27)28)13-9-23-14-8-6-5-7-12(13)14;/h5-11,15-17,23H,21-22H2,1-4H3,(H,27,28);1H. The average molecular weight is 457 g/mol. The normalized spacial score (nSPS) is 15.2. The molecule has 10 heteroatoms. The molecule has 4 unspecified atom stereocenters. The van der Waals surface area contributed by atoms with Crippen LogP contribution >= 0.6 is 24.4 Å². The van der Waals surface area contributed by atoms with Crippen molar-refractivity contribution >= 4 is 52.9 Å². The van der Waals surface area contributed by atoms with Crippen molar-refractivity contribution in [3.63, 3.8) is 0 Å². The van der Waals surface area contributed by atoms with Crippen molar-refractivity contribution in [2.24, 2.45) is 17.4 Å². The lowest BCUT2D eigenvalue weighted by molar-refractivity contribution is -0.142. The van der Waals surface area contributed by atoms with Crippen LogP contribution in [0, 0.1) is 5.92 Å². The maximum absolute atomic E-state index is 13.7. The minimum absolute atomic E-state index is 0. The third-order valence-electron chi connectivity index (χ3n) is 4.89. The van der Waals surface area contributed by atoms with Crippen LogP contribution in [0.1, 0.15) is 32.3 Å². The maximum Gasteiger partial charge on any atom is 0.321 e. The summed E-state index contributed by atoms with van der Waals surface area (Å²) in [6.07, 6.45) is 3.30. The van der Waals surface area contributed by atoms with E-state index in [-0.39, 0.29) is 18.3 Å². The Morgan fingerprint density at radius 3 is 2.23 bits per heavy atom. The molecule has 1 heterocycles. The minimum atomic E-state index is -1.46. The molecule has 0 aliphatic rings. The van der Waals surface area contributed by atoms with Gasteiger partial charge in [-0.05, 0) is 24.5 Å². The molecule has 0 aliphatic heterocycles. The molecule has 166 valence electrons. The van der Waals surface area contributed by atoms with Crippen molar-refractivity contribution in [1.29, 1.82) is 0 Å². The Morgan fingerprint density at radius 2 is 1.73 bits per heavy atom. The lowest BCUT2D eigenvalue weighted by atomic mass is 9.81. The van der Waals surface area contributed by atoms with E-state index in [2.05, 4.69) is 4.98 Å². The molecular weight excluding hydrogens is 428 g/mol. The van der Waals surface area contributed by atoms with Crippen molar-refractivity contribution in [2.45, 2.75) is 44.8 Å². The van der Waals surface area contributed by atoms with Gasteiger partial charge in [0.2, 0.25) is 5.91 Å². The zero-order valence-electron chi connectivity index (χ0n) is 17.4. The summed E-state index contributed by atoms with van der Waals surface area (Å²) in [5, 5.41) is 10.3. The van der Waals surface area contributed by atoms with E-state index in [9.17, 15) is 19.5 Å². The fourth-order valence-corrected chi connectivity index (χ4v) is 4.38. The Labute approximate surface area is 186 Å². The van der Waals surface area contributed by atoms with E-state index in [1.165, 1.54) is 4.31 Å². The van der Waals surface area contributed by atoms with Gasteiger partial charge in [-0.2, -0.15) is 0 Å². The predicted octanol–water partition coefficient (Wildman–Crippen LogP) is 2.13. The fourth-order valence-electron chi connectivity index (χ4n) is 3.46. The SMILES string of the molecule is CSN(C(=O)C(C)N)C(C(=O)C(c1c[nH]c2ccccc12)C(N)C(=O)O)C(C)C.Cl. The van der Waals surface area contributed by atoms with Crippen LogP contribution in [0.25, 0.3) is 10.9 Å². The number of carbonyl (C=O) groups excluding carboxylic acids is 2. The molecule has 2 aromatic rings. The molecule has 1 aromatic carbocycles. The van der Waals surface area contributed by atoms with Gasteiger partial charge in [0.15, 0.2) is 5.78 Å². The van der Waals surface area contributed by atoms with Crippen molar-refractivity contribution in [3.05, 3.63) is 36.0 Å². The topological polar surface area (TPSA) is 143 Å². The number of H-pyrrole nitrogens is 1. The maximum atomic E-state index is 13.7. The number of hydrogen-bond acceptors (Lipinski definition) is 6. The van der Waals surface area contributed by atoms with Crippen LogP contribution in [0.15, 0.2) is 30.5 Å². The molecule has 8 nitrogen and oxygen atoms in total. The third kappa shape index (κ3) is 5.15. The van der Waals surface area contributed by atoms with Gasteiger partial charge in [-0.15, -0.1) is 12.4 Å². The highest BCUT2D eigenvalue weighted by Gasteiger charge is 2.42. The molecule has 0 aliphatic carbocycles. The van der Waals surface area contributed by atoms with Crippen LogP contribution in [0.3, 0.4) is 0 Å². The van der Waals surface area contributed by atoms with Gasteiger partial charge in [0.05, 0.1) is 12.0 Å². The van der Waals surface area contributed by atoms with Gasteiger partial charge in [-0.25, -0.2) is 0 Å². The molecule has 1 aromatic heterocycles. The Hall–Kier alpha value is -2.07. The van der Waals surface area contributed by atoms with Crippen molar-refractivity contribution < 1.29 is 19.5 Å². The van der Waals surface area contributed by atoms with Crippen LogP contribution in [0.5, 0.6) is 0 Å². The Balaban J connectivity index is 0.00000450. The predicted molar refractivity (Wildman–Crippen MR) is 122 cm³/mol. The smallest absolute Gasteiger partial charge is 0.321 e. The number of para-hydroxylation sites is 1. The van der Waals surface area contributed by atoms with E-state index >= 15 is 0 Å². The van der Waals surface area contributed by atoms with E-state index in [4.69, 9.17) is 11.5 Å². The number of hydrogen-bond donors (Lipinski definition) is 4. The Kier molecular flexibility index (Phi) is 9.35. The number of carbonyl (C=O) groups is 3. The summed E-state index contributed by atoms with van der Waals surface area (Å²) >= 11 is 1.10. The van der Waals surface area contributed by atoms with E-state index < -0.39 is 41.7 Å². The minimum Gasteiger partial charge on any atom is -0.480 e. The number of benzene rings is 1. The summed E-state index contributed by atoms with van der Waals surface area (Å²) in [6.45, 7) is 5.16. The van der Waals surface area contributed by atoms with Gasteiger partial charge in [0.25, 0.3) is 0 Å². The van der Waals surface area contributed by atoms with E-state index in [1.54, 1.807) is 45.4 Å².